The number of benzene rings is 1. The molecule has 1 aromatic carbocycles. The van der Waals surface area contributed by atoms with Crippen molar-refractivity contribution >= 4 is 28.4 Å². The molecule has 4 nitrogen and oxygen atoms in total. The zero-order chi connectivity index (χ0) is 21.1. The number of nitrogens with zero attached hydrogens (tertiary/aromatic N) is 2. The van der Waals surface area contributed by atoms with E-state index in [4.69, 9.17) is 11.6 Å². The molecule has 0 bridgehead atoms. The largest absolute Gasteiger partial charge is 0.352 e. The van der Waals surface area contributed by atoms with Crippen LogP contribution >= 0.6 is 11.6 Å². The number of alkyl halides is 1. The number of hydrogen-bond donors (Lipinski definition) is 1. The van der Waals surface area contributed by atoms with Crippen LogP contribution in [0.1, 0.15) is 62.2 Å². The van der Waals surface area contributed by atoms with Crippen LogP contribution in [-0.4, -0.2) is 47.2 Å². The maximum absolute atomic E-state index is 14.0. The van der Waals surface area contributed by atoms with Crippen LogP contribution in [-0.2, 0) is 6.54 Å². The normalized spacial score (nSPS) is 25.5. The van der Waals surface area contributed by atoms with E-state index in [0.717, 1.165) is 49.9 Å². The van der Waals surface area contributed by atoms with Crippen LogP contribution in [0.3, 0.4) is 0 Å². The third-order valence-electron chi connectivity index (χ3n) is 6.90. The second kappa shape index (κ2) is 9.27. The predicted octanol–water partition coefficient (Wildman–Crippen LogP) is 5.43. The van der Waals surface area contributed by atoms with Crippen molar-refractivity contribution in [3.8, 4) is 0 Å². The van der Waals surface area contributed by atoms with Crippen molar-refractivity contribution < 1.29 is 9.18 Å². The van der Waals surface area contributed by atoms with Crippen molar-refractivity contribution in [1.82, 2.24) is 14.8 Å². The molecule has 30 heavy (non-hydrogen) atoms. The molecular weight excluding hydrogens is 401 g/mol. The molecule has 1 aliphatic carbocycles. The first-order chi connectivity index (χ1) is 14.4. The Hall–Kier alpha value is -1.59. The molecule has 1 aliphatic heterocycles. The van der Waals surface area contributed by atoms with E-state index in [9.17, 15) is 9.18 Å². The average molecular weight is 434 g/mol. The summed E-state index contributed by atoms with van der Waals surface area (Å²) in [6.07, 6.45) is 8.63. The summed E-state index contributed by atoms with van der Waals surface area (Å²) in [7, 11) is 0. The van der Waals surface area contributed by atoms with Gasteiger partial charge in [0.2, 0.25) is 0 Å². The van der Waals surface area contributed by atoms with Gasteiger partial charge in [-0.2, -0.15) is 0 Å². The molecule has 4 rings (SSSR count). The van der Waals surface area contributed by atoms with E-state index in [1.54, 1.807) is 6.92 Å². The summed E-state index contributed by atoms with van der Waals surface area (Å²) in [4.78, 5) is 15.5. The topological polar surface area (TPSA) is 37.3 Å². The Kier molecular flexibility index (Phi) is 6.69. The molecule has 0 unspecified atom stereocenters. The molecule has 6 heteroatoms. The number of rotatable bonds is 6. The Morgan fingerprint density at radius 1 is 1.20 bits per heavy atom. The Balaban J connectivity index is 1.45. The van der Waals surface area contributed by atoms with Gasteiger partial charge < -0.3 is 14.8 Å². The molecular formula is C24H33ClFN3O. The standard InChI is InChI=1S/C24H33ClFN3O/c1-24(26)10-8-18(9-11-24)16-27-23(30)19-17-29(15-14-28-12-3-2-4-13-28)21-7-5-6-20(25)22(19)21/h5-7,17-18H,2-4,8-16H2,1H3,(H,27,30). The minimum atomic E-state index is -1.05. The first-order valence-corrected chi connectivity index (χ1v) is 11.8. The van der Waals surface area contributed by atoms with Crippen LogP contribution < -0.4 is 5.32 Å². The number of aromatic nitrogens is 1. The summed E-state index contributed by atoms with van der Waals surface area (Å²) >= 11 is 6.50. The van der Waals surface area contributed by atoms with Gasteiger partial charge in [-0.15, -0.1) is 0 Å². The van der Waals surface area contributed by atoms with Crippen molar-refractivity contribution in [2.75, 3.05) is 26.2 Å². The summed E-state index contributed by atoms with van der Waals surface area (Å²) in [6.45, 7) is 6.44. The fourth-order valence-corrected chi connectivity index (χ4v) is 5.19. The molecule has 2 aliphatic rings. The van der Waals surface area contributed by atoms with Gasteiger partial charge in [0.25, 0.3) is 5.91 Å². The highest BCUT2D eigenvalue weighted by atomic mass is 35.5. The third-order valence-corrected chi connectivity index (χ3v) is 7.22. The number of likely N-dealkylation sites (tertiary alicyclic amines) is 1. The highest BCUT2D eigenvalue weighted by Crippen LogP contribution is 2.34. The molecule has 2 heterocycles. The van der Waals surface area contributed by atoms with Gasteiger partial charge >= 0.3 is 0 Å². The molecule has 0 atom stereocenters. The lowest BCUT2D eigenvalue weighted by Gasteiger charge is -2.31. The lowest BCUT2D eigenvalue weighted by Crippen LogP contribution is -2.34. The molecule has 1 N–H and O–H groups in total. The van der Waals surface area contributed by atoms with Gasteiger partial charge in [-0.1, -0.05) is 24.1 Å². The first-order valence-electron chi connectivity index (χ1n) is 11.4. The van der Waals surface area contributed by atoms with Gasteiger partial charge in [-0.25, -0.2) is 4.39 Å². The number of nitrogens with one attached hydrogen (secondary N) is 1. The zero-order valence-electron chi connectivity index (χ0n) is 17.9. The molecule has 1 aromatic heterocycles. The fraction of sp³-hybridized carbons (Fsp3) is 0.625. The van der Waals surface area contributed by atoms with E-state index >= 15 is 0 Å². The highest BCUT2D eigenvalue weighted by Gasteiger charge is 2.30. The van der Waals surface area contributed by atoms with E-state index in [-0.39, 0.29) is 5.91 Å². The van der Waals surface area contributed by atoms with Gasteiger partial charge in [0.1, 0.15) is 5.67 Å². The molecule has 1 amide bonds. The lowest BCUT2D eigenvalue weighted by atomic mass is 9.81. The minimum Gasteiger partial charge on any atom is -0.352 e. The maximum atomic E-state index is 14.0. The number of amides is 1. The summed E-state index contributed by atoms with van der Waals surface area (Å²) < 4.78 is 16.2. The average Bonchev–Trinajstić information content (AvgIpc) is 3.12. The second-order valence-electron chi connectivity index (χ2n) is 9.34. The van der Waals surface area contributed by atoms with Crippen molar-refractivity contribution in [2.24, 2.45) is 5.92 Å². The molecule has 1 saturated heterocycles. The summed E-state index contributed by atoms with van der Waals surface area (Å²) in [5.74, 6) is 0.263. The number of halogens is 2. The molecule has 1 saturated carbocycles. The first kappa shape index (κ1) is 21.6. The lowest BCUT2D eigenvalue weighted by molar-refractivity contribution is 0.0894. The van der Waals surface area contributed by atoms with Crippen LogP contribution in [0, 0.1) is 5.92 Å². The van der Waals surface area contributed by atoms with E-state index < -0.39 is 5.67 Å². The number of fused-ring (bicyclic) bond motifs is 1. The smallest absolute Gasteiger partial charge is 0.253 e. The number of carbonyl (C=O) groups is 1. The van der Waals surface area contributed by atoms with Gasteiger partial charge in [-0.3, -0.25) is 4.79 Å². The van der Waals surface area contributed by atoms with Gasteiger partial charge in [0.15, 0.2) is 0 Å². The minimum absolute atomic E-state index is 0.0848. The number of piperidine rings is 1. The Morgan fingerprint density at radius 3 is 2.67 bits per heavy atom. The Bertz CT molecular complexity index is 878. The zero-order valence-corrected chi connectivity index (χ0v) is 18.7. The SMILES string of the molecule is CC1(F)CCC(CNC(=O)c2cn(CCN3CCCCC3)c3cccc(Cl)c23)CC1. The third kappa shape index (κ3) is 5.00. The molecule has 164 valence electrons. The summed E-state index contributed by atoms with van der Waals surface area (Å²) in [5, 5.41) is 4.53. The van der Waals surface area contributed by atoms with Crippen molar-refractivity contribution in [3.63, 3.8) is 0 Å². The highest BCUT2D eigenvalue weighted by molar-refractivity contribution is 6.36. The van der Waals surface area contributed by atoms with Gasteiger partial charge in [0, 0.05) is 31.2 Å². The van der Waals surface area contributed by atoms with Gasteiger partial charge in [-0.05, 0) is 76.6 Å². The van der Waals surface area contributed by atoms with Crippen LogP contribution in [0.4, 0.5) is 4.39 Å². The molecule has 0 spiro atoms. The van der Waals surface area contributed by atoms with Crippen LogP contribution in [0.2, 0.25) is 5.02 Å². The maximum Gasteiger partial charge on any atom is 0.253 e. The van der Waals surface area contributed by atoms with E-state index in [2.05, 4.69) is 14.8 Å². The predicted molar refractivity (Wildman–Crippen MR) is 121 cm³/mol. The van der Waals surface area contributed by atoms with Gasteiger partial charge in [0.05, 0.1) is 16.1 Å². The Labute approximate surface area is 183 Å². The van der Waals surface area contributed by atoms with Crippen LogP contribution in [0.15, 0.2) is 24.4 Å². The molecule has 2 fully saturated rings. The fourth-order valence-electron chi connectivity index (χ4n) is 4.91. The molecule has 0 radical (unpaired) electrons. The van der Waals surface area contributed by atoms with Crippen LogP contribution in [0.25, 0.3) is 10.9 Å². The summed E-state index contributed by atoms with van der Waals surface area (Å²) in [5.41, 5.74) is 0.603. The Morgan fingerprint density at radius 2 is 1.93 bits per heavy atom. The second-order valence-corrected chi connectivity index (χ2v) is 9.75. The van der Waals surface area contributed by atoms with Crippen molar-refractivity contribution in [3.05, 3.63) is 35.0 Å². The number of hydrogen-bond acceptors (Lipinski definition) is 2. The summed E-state index contributed by atoms with van der Waals surface area (Å²) in [6, 6.07) is 5.83. The van der Waals surface area contributed by atoms with E-state index in [1.807, 2.05) is 24.4 Å². The quantitative estimate of drug-likeness (QED) is 0.659. The monoisotopic (exact) mass is 433 g/mol. The van der Waals surface area contributed by atoms with E-state index in [0.29, 0.717) is 35.9 Å². The van der Waals surface area contributed by atoms with Crippen LogP contribution in [0.5, 0.6) is 0 Å². The van der Waals surface area contributed by atoms with E-state index in [1.165, 1.54) is 19.3 Å². The molecule has 2 aromatic rings. The van der Waals surface area contributed by atoms with Crippen molar-refractivity contribution in [2.45, 2.75) is 64.1 Å². The van der Waals surface area contributed by atoms with Crippen molar-refractivity contribution in [1.29, 1.82) is 0 Å². The number of carbonyl (C=O) groups excluding carboxylic acids is 1.